The highest BCUT2D eigenvalue weighted by molar-refractivity contribution is 5.99. The van der Waals surface area contributed by atoms with E-state index in [4.69, 9.17) is 9.47 Å². The summed E-state index contributed by atoms with van der Waals surface area (Å²) in [6.07, 6.45) is 1.37. The smallest absolute Gasteiger partial charge is 0.164 e. The number of carbonyl (C=O) groups excluding carboxylic acids is 1. The molecule has 3 heteroatoms. The molecule has 0 saturated heterocycles. The molecule has 1 unspecified atom stereocenters. The van der Waals surface area contributed by atoms with E-state index in [0.29, 0.717) is 12.2 Å². The molecule has 0 aliphatic heterocycles. The lowest BCUT2D eigenvalue weighted by Crippen LogP contribution is -2.19. The number of fused-ring (bicyclic) bond motifs is 1. The number of Topliss-reactive ketones (excluding diaryl/α,β-unsaturated/α-hetero) is 1. The molecule has 2 aromatic carbocycles. The van der Waals surface area contributed by atoms with E-state index in [9.17, 15) is 4.79 Å². The minimum absolute atomic E-state index is 0.137. The molecule has 0 N–H and O–H groups in total. The Morgan fingerprint density at radius 2 is 1.76 bits per heavy atom. The first-order valence-electron chi connectivity index (χ1n) is 7.06. The standard InChI is InChI=1S/C18H18O3/c1-20-17-9-5-8-15(18(17)21-2)13-10-12-6-3-4-7-14(12)16(19)11-13/h3-9,13H,10-11H2,1-2H3. The van der Waals surface area contributed by atoms with Crippen LogP contribution < -0.4 is 9.47 Å². The van der Waals surface area contributed by atoms with Crippen LogP contribution in [0.2, 0.25) is 0 Å². The van der Waals surface area contributed by atoms with Crippen molar-refractivity contribution in [3.05, 3.63) is 59.2 Å². The van der Waals surface area contributed by atoms with Gasteiger partial charge in [0.25, 0.3) is 0 Å². The Balaban J connectivity index is 2.02. The minimum atomic E-state index is 0.137. The molecule has 0 amide bonds. The van der Waals surface area contributed by atoms with Crippen molar-refractivity contribution in [1.29, 1.82) is 0 Å². The first-order chi connectivity index (χ1) is 10.2. The summed E-state index contributed by atoms with van der Waals surface area (Å²) in [4.78, 5) is 12.4. The zero-order valence-electron chi connectivity index (χ0n) is 12.3. The van der Waals surface area contributed by atoms with Crippen molar-refractivity contribution in [1.82, 2.24) is 0 Å². The van der Waals surface area contributed by atoms with Gasteiger partial charge in [0.05, 0.1) is 14.2 Å². The van der Waals surface area contributed by atoms with E-state index in [1.165, 1.54) is 0 Å². The SMILES string of the molecule is COc1cccc(C2CC(=O)c3ccccc3C2)c1OC. The van der Waals surface area contributed by atoms with Gasteiger partial charge in [0.1, 0.15) is 0 Å². The van der Waals surface area contributed by atoms with Crippen LogP contribution in [0.1, 0.15) is 33.8 Å². The fourth-order valence-electron chi connectivity index (χ4n) is 3.10. The predicted octanol–water partition coefficient (Wildman–Crippen LogP) is 3.62. The van der Waals surface area contributed by atoms with Gasteiger partial charge in [0.2, 0.25) is 0 Å². The maximum Gasteiger partial charge on any atom is 0.164 e. The van der Waals surface area contributed by atoms with Crippen LogP contribution in [0.4, 0.5) is 0 Å². The van der Waals surface area contributed by atoms with Crippen molar-refractivity contribution in [2.24, 2.45) is 0 Å². The Labute approximate surface area is 124 Å². The van der Waals surface area contributed by atoms with Gasteiger partial charge in [0, 0.05) is 17.5 Å². The average molecular weight is 282 g/mol. The van der Waals surface area contributed by atoms with Crippen LogP contribution in [0.25, 0.3) is 0 Å². The summed E-state index contributed by atoms with van der Waals surface area (Å²) in [6, 6.07) is 13.7. The monoisotopic (exact) mass is 282 g/mol. The molecule has 0 aromatic heterocycles. The van der Waals surface area contributed by atoms with Gasteiger partial charge in [-0.25, -0.2) is 0 Å². The molecule has 1 atom stereocenters. The second kappa shape index (κ2) is 5.60. The Hall–Kier alpha value is -2.29. The number of carbonyl (C=O) groups is 1. The highest BCUT2D eigenvalue weighted by Crippen LogP contribution is 2.41. The van der Waals surface area contributed by atoms with Crippen LogP contribution in [-0.2, 0) is 6.42 Å². The molecule has 1 aliphatic rings. The van der Waals surface area contributed by atoms with Crippen LogP contribution in [0.15, 0.2) is 42.5 Å². The predicted molar refractivity (Wildman–Crippen MR) is 81.4 cm³/mol. The number of rotatable bonds is 3. The number of methoxy groups -OCH3 is 2. The van der Waals surface area contributed by atoms with Gasteiger partial charge < -0.3 is 9.47 Å². The number of para-hydroxylation sites is 1. The highest BCUT2D eigenvalue weighted by atomic mass is 16.5. The van der Waals surface area contributed by atoms with Crippen LogP contribution in [0, 0.1) is 0 Å². The third kappa shape index (κ3) is 2.40. The zero-order valence-corrected chi connectivity index (χ0v) is 12.3. The number of hydrogen-bond acceptors (Lipinski definition) is 3. The van der Waals surface area contributed by atoms with Crippen LogP contribution >= 0.6 is 0 Å². The van der Waals surface area contributed by atoms with Crippen molar-refractivity contribution in [2.45, 2.75) is 18.8 Å². The summed E-state index contributed by atoms with van der Waals surface area (Å²) in [5, 5.41) is 0. The quantitative estimate of drug-likeness (QED) is 0.862. The number of hydrogen-bond donors (Lipinski definition) is 0. The Kier molecular flexibility index (Phi) is 3.65. The van der Waals surface area contributed by atoms with Gasteiger partial charge in [0.15, 0.2) is 17.3 Å². The molecule has 3 nitrogen and oxygen atoms in total. The van der Waals surface area contributed by atoms with E-state index in [2.05, 4.69) is 0 Å². The lowest BCUT2D eigenvalue weighted by molar-refractivity contribution is 0.0964. The molecule has 1 aliphatic carbocycles. The van der Waals surface area contributed by atoms with Gasteiger partial charge in [-0.1, -0.05) is 36.4 Å². The maximum absolute atomic E-state index is 12.4. The normalized spacial score (nSPS) is 17.2. The molecular formula is C18H18O3. The summed E-state index contributed by atoms with van der Waals surface area (Å²) in [5.41, 5.74) is 3.01. The summed E-state index contributed by atoms with van der Waals surface area (Å²) < 4.78 is 10.9. The largest absolute Gasteiger partial charge is 0.493 e. The molecule has 2 aromatic rings. The fourth-order valence-corrected chi connectivity index (χ4v) is 3.10. The molecule has 0 radical (unpaired) electrons. The lowest BCUT2D eigenvalue weighted by atomic mass is 9.79. The summed E-state index contributed by atoms with van der Waals surface area (Å²) in [7, 11) is 3.27. The van der Waals surface area contributed by atoms with E-state index in [1.54, 1.807) is 14.2 Å². The summed E-state index contributed by atoms with van der Waals surface area (Å²) in [5.74, 6) is 1.78. The number of ether oxygens (including phenoxy) is 2. The third-order valence-electron chi connectivity index (χ3n) is 4.09. The molecule has 3 rings (SSSR count). The number of benzene rings is 2. The molecule has 0 bridgehead atoms. The minimum Gasteiger partial charge on any atom is -0.493 e. The molecule has 0 heterocycles. The Morgan fingerprint density at radius 1 is 0.952 bits per heavy atom. The molecule has 0 fully saturated rings. The first-order valence-corrected chi connectivity index (χ1v) is 7.06. The van der Waals surface area contributed by atoms with Crippen LogP contribution in [-0.4, -0.2) is 20.0 Å². The topological polar surface area (TPSA) is 35.5 Å². The first kappa shape index (κ1) is 13.7. The van der Waals surface area contributed by atoms with Gasteiger partial charge in [-0.15, -0.1) is 0 Å². The number of ketones is 1. The third-order valence-corrected chi connectivity index (χ3v) is 4.09. The van der Waals surface area contributed by atoms with Crippen molar-refractivity contribution >= 4 is 5.78 Å². The van der Waals surface area contributed by atoms with E-state index in [1.807, 2.05) is 42.5 Å². The van der Waals surface area contributed by atoms with Gasteiger partial charge in [-0.3, -0.25) is 4.79 Å². The fraction of sp³-hybridized carbons (Fsp3) is 0.278. The van der Waals surface area contributed by atoms with Crippen LogP contribution in [0.3, 0.4) is 0 Å². The van der Waals surface area contributed by atoms with E-state index >= 15 is 0 Å². The second-order valence-electron chi connectivity index (χ2n) is 5.27. The summed E-state index contributed by atoms with van der Waals surface area (Å²) in [6.45, 7) is 0. The van der Waals surface area contributed by atoms with Crippen molar-refractivity contribution in [3.63, 3.8) is 0 Å². The molecule has 0 saturated carbocycles. The second-order valence-corrected chi connectivity index (χ2v) is 5.27. The van der Waals surface area contributed by atoms with Crippen molar-refractivity contribution in [3.8, 4) is 11.5 Å². The lowest BCUT2D eigenvalue weighted by Gasteiger charge is -2.25. The average Bonchev–Trinajstić information content (AvgIpc) is 2.54. The van der Waals surface area contributed by atoms with Gasteiger partial charge in [-0.05, 0) is 24.0 Å². The van der Waals surface area contributed by atoms with Crippen molar-refractivity contribution in [2.75, 3.05) is 14.2 Å². The Bertz CT molecular complexity index is 676. The van der Waals surface area contributed by atoms with Gasteiger partial charge >= 0.3 is 0 Å². The molecular weight excluding hydrogens is 264 g/mol. The van der Waals surface area contributed by atoms with Crippen molar-refractivity contribution < 1.29 is 14.3 Å². The maximum atomic E-state index is 12.4. The molecule has 0 spiro atoms. The zero-order chi connectivity index (χ0) is 14.8. The van der Waals surface area contributed by atoms with E-state index < -0.39 is 0 Å². The van der Waals surface area contributed by atoms with E-state index in [0.717, 1.165) is 28.9 Å². The molecule has 108 valence electrons. The Morgan fingerprint density at radius 3 is 2.52 bits per heavy atom. The van der Waals surface area contributed by atoms with Crippen LogP contribution in [0.5, 0.6) is 11.5 Å². The van der Waals surface area contributed by atoms with Gasteiger partial charge in [-0.2, -0.15) is 0 Å². The highest BCUT2D eigenvalue weighted by Gasteiger charge is 2.28. The summed E-state index contributed by atoms with van der Waals surface area (Å²) >= 11 is 0. The molecule has 21 heavy (non-hydrogen) atoms. The van der Waals surface area contributed by atoms with E-state index in [-0.39, 0.29) is 11.7 Å².